The lowest BCUT2D eigenvalue weighted by Gasteiger charge is -1.96. The summed E-state index contributed by atoms with van der Waals surface area (Å²) in [6.45, 7) is 0. The van der Waals surface area contributed by atoms with Crippen molar-refractivity contribution in [3.8, 4) is 0 Å². The van der Waals surface area contributed by atoms with Gasteiger partial charge in [-0.15, -0.1) is 10.2 Å². The van der Waals surface area contributed by atoms with E-state index < -0.39 is 0 Å². The minimum atomic E-state index is 0.481. The van der Waals surface area contributed by atoms with Gasteiger partial charge in [0.05, 0.1) is 6.20 Å². The minimum Gasteiger partial charge on any atom is -0.282 e. The van der Waals surface area contributed by atoms with Crippen LogP contribution < -0.4 is 0 Å². The summed E-state index contributed by atoms with van der Waals surface area (Å²) in [6.07, 6.45) is 5.83. The fraction of sp³-hybridized carbons (Fsp3) is 0.375. The first-order chi connectivity index (χ1) is 6.34. The van der Waals surface area contributed by atoms with Gasteiger partial charge in [0.15, 0.2) is 5.65 Å². The van der Waals surface area contributed by atoms with E-state index in [1.165, 1.54) is 12.8 Å². The zero-order chi connectivity index (χ0) is 8.84. The molecule has 0 aromatic carbocycles. The van der Waals surface area contributed by atoms with E-state index in [-0.39, 0.29) is 0 Å². The number of halogens is 1. The minimum absolute atomic E-state index is 0.481. The van der Waals surface area contributed by atoms with Crippen molar-refractivity contribution in [1.82, 2.24) is 19.6 Å². The molecular weight excluding hydrogens is 188 g/mol. The molecule has 66 valence electrons. The molecule has 5 heteroatoms. The quantitative estimate of drug-likeness (QED) is 0.694. The number of fused-ring (bicyclic) bond motifs is 1. The smallest absolute Gasteiger partial charge is 0.179 e. The molecule has 13 heavy (non-hydrogen) atoms. The highest BCUT2D eigenvalue weighted by Crippen LogP contribution is 2.38. The number of nitrogens with zero attached hydrogens (tertiary/aromatic N) is 4. The first-order valence-corrected chi connectivity index (χ1v) is 4.58. The van der Waals surface area contributed by atoms with E-state index in [0.29, 0.717) is 11.1 Å². The van der Waals surface area contributed by atoms with Gasteiger partial charge in [-0.05, 0) is 12.8 Å². The molecule has 0 bridgehead atoms. The molecule has 1 fully saturated rings. The molecule has 2 aromatic rings. The average molecular weight is 195 g/mol. The monoisotopic (exact) mass is 194 g/mol. The van der Waals surface area contributed by atoms with Gasteiger partial charge in [0.25, 0.3) is 0 Å². The van der Waals surface area contributed by atoms with Crippen LogP contribution in [0.4, 0.5) is 0 Å². The Morgan fingerprint density at radius 3 is 3.00 bits per heavy atom. The van der Waals surface area contributed by atoms with Crippen molar-refractivity contribution in [1.29, 1.82) is 0 Å². The average Bonchev–Trinajstić information content (AvgIpc) is 2.87. The van der Waals surface area contributed by atoms with Crippen LogP contribution in [0.2, 0.25) is 5.15 Å². The molecule has 2 heterocycles. The second-order valence-corrected chi connectivity index (χ2v) is 3.66. The standard InChI is InChI=1S/C8H7ClN4/c9-6-4-13-7(3-10-6)11-12-8(13)5-1-2-5/h3-5H,1-2H2. The first kappa shape index (κ1) is 7.26. The van der Waals surface area contributed by atoms with Crippen LogP contribution >= 0.6 is 11.6 Å². The molecule has 2 aromatic heterocycles. The van der Waals surface area contributed by atoms with Gasteiger partial charge in [-0.3, -0.25) is 4.40 Å². The van der Waals surface area contributed by atoms with Crippen LogP contribution in [-0.2, 0) is 0 Å². The van der Waals surface area contributed by atoms with Crippen LogP contribution in [0.3, 0.4) is 0 Å². The summed E-state index contributed by atoms with van der Waals surface area (Å²) in [4.78, 5) is 3.94. The van der Waals surface area contributed by atoms with Crippen LogP contribution in [-0.4, -0.2) is 19.6 Å². The fourth-order valence-corrected chi connectivity index (χ4v) is 1.56. The Balaban J connectivity index is 2.29. The Morgan fingerprint density at radius 1 is 1.38 bits per heavy atom. The van der Waals surface area contributed by atoms with E-state index >= 15 is 0 Å². The zero-order valence-corrected chi connectivity index (χ0v) is 7.57. The fourth-order valence-electron chi connectivity index (χ4n) is 1.42. The summed E-state index contributed by atoms with van der Waals surface area (Å²) in [5, 5.41) is 8.61. The van der Waals surface area contributed by atoms with Gasteiger partial charge in [0.1, 0.15) is 11.0 Å². The van der Waals surface area contributed by atoms with E-state index in [0.717, 1.165) is 11.5 Å². The van der Waals surface area contributed by atoms with Crippen molar-refractivity contribution in [2.45, 2.75) is 18.8 Å². The highest BCUT2D eigenvalue weighted by Gasteiger charge is 2.28. The normalized spacial score (nSPS) is 16.7. The van der Waals surface area contributed by atoms with Gasteiger partial charge in [-0.2, -0.15) is 0 Å². The van der Waals surface area contributed by atoms with Gasteiger partial charge in [-0.25, -0.2) is 4.98 Å². The largest absolute Gasteiger partial charge is 0.282 e. The third-order valence-electron chi connectivity index (χ3n) is 2.23. The van der Waals surface area contributed by atoms with Gasteiger partial charge < -0.3 is 0 Å². The van der Waals surface area contributed by atoms with E-state index in [1.807, 2.05) is 4.40 Å². The summed E-state index contributed by atoms with van der Waals surface area (Å²) >= 11 is 5.79. The molecule has 0 atom stereocenters. The third kappa shape index (κ3) is 1.09. The molecule has 0 spiro atoms. The number of hydrogen-bond acceptors (Lipinski definition) is 3. The molecule has 3 rings (SSSR count). The molecule has 0 aliphatic heterocycles. The summed E-state index contributed by atoms with van der Waals surface area (Å²) in [6, 6.07) is 0. The summed E-state index contributed by atoms with van der Waals surface area (Å²) < 4.78 is 1.92. The van der Waals surface area contributed by atoms with Crippen molar-refractivity contribution < 1.29 is 0 Å². The van der Waals surface area contributed by atoms with Gasteiger partial charge in [-0.1, -0.05) is 11.6 Å². The molecule has 1 aliphatic carbocycles. The number of aromatic nitrogens is 4. The van der Waals surface area contributed by atoms with Crippen molar-refractivity contribution in [2.24, 2.45) is 0 Å². The Bertz CT molecular complexity index is 460. The molecule has 1 saturated carbocycles. The topological polar surface area (TPSA) is 43.1 Å². The zero-order valence-electron chi connectivity index (χ0n) is 6.81. The summed E-state index contributed by atoms with van der Waals surface area (Å²) in [7, 11) is 0. The van der Waals surface area contributed by atoms with Crippen LogP contribution in [0.1, 0.15) is 24.6 Å². The van der Waals surface area contributed by atoms with Crippen molar-refractivity contribution in [3.63, 3.8) is 0 Å². The maximum Gasteiger partial charge on any atom is 0.179 e. The van der Waals surface area contributed by atoms with E-state index in [9.17, 15) is 0 Å². The Labute approximate surface area is 79.6 Å². The lowest BCUT2D eigenvalue weighted by molar-refractivity contribution is 0.895. The van der Waals surface area contributed by atoms with Crippen LogP contribution in [0.15, 0.2) is 12.4 Å². The highest BCUT2D eigenvalue weighted by atomic mass is 35.5. The Hall–Kier alpha value is -1.16. The van der Waals surface area contributed by atoms with E-state index in [1.54, 1.807) is 12.4 Å². The van der Waals surface area contributed by atoms with Gasteiger partial charge >= 0.3 is 0 Å². The summed E-state index contributed by atoms with van der Waals surface area (Å²) in [5.74, 6) is 1.59. The van der Waals surface area contributed by atoms with Gasteiger partial charge in [0, 0.05) is 12.1 Å². The third-order valence-corrected chi connectivity index (χ3v) is 2.43. The predicted octanol–water partition coefficient (Wildman–Crippen LogP) is 1.66. The van der Waals surface area contributed by atoms with Crippen molar-refractivity contribution in [2.75, 3.05) is 0 Å². The molecule has 0 saturated heterocycles. The highest BCUT2D eigenvalue weighted by molar-refractivity contribution is 6.29. The molecule has 0 amide bonds. The molecule has 0 unspecified atom stereocenters. The predicted molar refractivity (Wildman–Crippen MR) is 47.8 cm³/mol. The maximum atomic E-state index is 5.79. The number of hydrogen-bond donors (Lipinski definition) is 0. The van der Waals surface area contributed by atoms with Crippen molar-refractivity contribution in [3.05, 3.63) is 23.4 Å². The first-order valence-electron chi connectivity index (χ1n) is 4.21. The number of rotatable bonds is 1. The lowest BCUT2D eigenvalue weighted by atomic mass is 10.4. The van der Waals surface area contributed by atoms with E-state index in [4.69, 9.17) is 11.6 Å². The Morgan fingerprint density at radius 2 is 2.23 bits per heavy atom. The second kappa shape index (κ2) is 2.42. The Kier molecular flexibility index (Phi) is 1.35. The molecule has 1 aliphatic rings. The van der Waals surface area contributed by atoms with Gasteiger partial charge in [0.2, 0.25) is 0 Å². The van der Waals surface area contributed by atoms with Crippen LogP contribution in [0.5, 0.6) is 0 Å². The molecule has 0 radical (unpaired) electrons. The van der Waals surface area contributed by atoms with E-state index in [2.05, 4.69) is 15.2 Å². The molecule has 4 nitrogen and oxygen atoms in total. The summed E-state index contributed by atoms with van der Waals surface area (Å²) in [5.41, 5.74) is 0.770. The molecular formula is C8H7ClN4. The van der Waals surface area contributed by atoms with Crippen molar-refractivity contribution >= 4 is 17.2 Å². The second-order valence-electron chi connectivity index (χ2n) is 3.27. The van der Waals surface area contributed by atoms with Crippen LogP contribution in [0.25, 0.3) is 5.65 Å². The maximum absolute atomic E-state index is 5.79. The van der Waals surface area contributed by atoms with Crippen LogP contribution in [0, 0.1) is 0 Å². The lowest BCUT2D eigenvalue weighted by Crippen LogP contribution is -1.92. The molecule has 0 N–H and O–H groups in total. The SMILES string of the molecule is Clc1cn2c(C3CC3)nnc2cn1.